The molecule has 1 N–H and O–H groups in total. The largest absolute Gasteiger partial charge is 0.367 e. The van der Waals surface area contributed by atoms with Crippen LogP contribution in [0.3, 0.4) is 0 Å². The van der Waals surface area contributed by atoms with Gasteiger partial charge in [-0.3, -0.25) is 4.98 Å². The third-order valence-corrected chi connectivity index (χ3v) is 3.84. The van der Waals surface area contributed by atoms with E-state index in [9.17, 15) is 0 Å². The standard InChI is InChI=1S/C15H25N3/c1-3-9-17-13(2)15-6-4-5-12-18(15)14-7-10-16-11-8-14/h7-8,10-11,13,15,17H,3-6,9,12H2,1-2H3. The van der Waals surface area contributed by atoms with Gasteiger partial charge in [-0.2, -0.15) is 0 Å². The smallest absolute Gasteiger partial charge is 0.0440 e. The van der Waals surface area contributed by atoms with Gasteiger partial charge in [0.05, 0.1) is 0 Å². The van der Waals surface area contributed by atoms with E-state index in [1.807, 2.05) is 12.4 Å². The van der Waals surface area contributed by atoms with Crippen LogP contribution >= 0.6 is 0 Å². The molecule has 0 aromatic carbocycles. The first-order valence-corrected chi connectivity index (χ1v) is 7.23. The van der Waals surface area contributed by atoms with E-state index in [4.69, 9.17) is 0 Å². The van der Waals surface area contributed by atoms with Gasteiger partial charge in [-0.05, 0) is 51.3 Å². The zero-order valence-corrected chi connectivity index (χ0v) is 11.6. The molecule has 1 aromatic heterocycles. The summed E-state index contributed by atoms with van der Waals surface area (Å²) in [5.74, 6) is 0. The van der Waals surface area contributed by atoms with Crippen LogP contribution in [0.1, 0.15) is 39.5 Å². The van der Waals surface area contributed by atoms with Crippen molar-refractivity contribution in [2.45, 2.75) is 51.6 Å². The Balaban J connectivity index is 2.06. The molecule has 2 rings (SSSR count). The van der Waals surface area contributed by atoms with E-state index in [1.165, 1.54) is 37.9 Å². The molecule has 100 valence electrons. The SMILES string of the molecule is CCCNC(C)C1CCCCN1c1ccncc1. The maximum Gasteiger partial charge on any atom is 0.0440 e. The Morgan fingerprint density at radius 2 is 2.17 bits per heavy atom. The first-order valence-electron chi connectivity index (χ1n) is 7.23. The quantitative estimate of drug-likeness (QED) is 0.867. The molecule has 18 heavy (non-hydrogen) atoms. The van der Waals surface area contributed by atoms with Crippen LogP contribution in [-0.2, 0) is 0 Å². The molecule has 3 nitrogen and oxygen atoms in total. The van der Waals surface area contributed by atoms with Crippen LogP contribution in [0, 0.1) is 0 Å². The Labute approximate surface area is 111 Å². The molecule has 0 radical (unpaired) electrons. The molecule has 1 aliphatic heterocycles. The Morgan fingerprint density at radius 1 is 1.39 bits per heavy atom. The summed E-state index contributed by atoms with van der Waals surface area (Å²) in [7, 11) is 0. The van der Waals surface area contributed by atoms with Gasteiger partial charge in [0, 0.05) is 36.7 Å². The summed E-state index contributed by atoms with van der Waals surface area (Å²) in [5, 5.41) is 3.64. The summed E-state index contributed by atoms with van der Waals surface area (Å²) in [5.41, 5.74) is 1.32. The number of hydrogen-bond donors (Lipinski definition) is 1. The molecule has 0 saturated carbocycles. The zero-order valence-electron chi connectivity index (χ0n) is 11.6. The molecule has 0 bridgehead atoms. The minimum atomic E-state index is 0.554. The summed E-state index contributed by atoms with van der Waals surface area (Å²) in [6.45, 7) is 6.83. The van der Waals surface area contributed by atoms with E-state index in [-0.39, 0.29) is 0 Å². The Kier molecular flexibility index (Phi) is 5.00. The number of nitrogens with zero attached hydrogens (tertiary/aromatic N) is 2. The fraction of sp³-hybridized carbons (Fsp3) is 0.667. The summed E-state index contributed by atoms with van der Waals surface area (Å²) in [6, 6.07) is 5.43. The van der Waals surface area contributed by atoms with Gasteiger partial charge in [0.25, 0.3) is 0 Å². The van der Waals surface area contributed by atoms with Gasteiger partial charge in [0.1, 0.15) is 0 Å². The lowest BCUT2D eigenvalue weighted by Gasteiger charge is -2.41. The Morgan fingerprint density at radius 3 is 2.89 bits per heavy atom. The number of nitrogens with one attached hydrogen (secondary N) is 1. The molecule has 0 amide bonds. The van der Waals surface area contributed by atoms with Crippen molar-refractivity contribution in [2.75, 3.05) is 18.0 Å². The monoisotopic (exact) mass is 247 g/mol. The molecule has 1 saturated heterocycles. The highest BCUT2D eigenvalue weighted by molar-refractivity contribution is 5.46. The van der Waals surface area contributed by atoms with Crippen LogP contribution in [0.25, 0.3) is 0 Å². The molecular weight excluding hydrogens is 222 g/mol. The minimum absolute atomic E-state index is 0.554. The van der Waals surface area contributed by atoms with Gasteiger partial charge in [-0.15, -0.1) is 0 Å². The average Bonchev–Trinajstić information content (AvgIpc) is 2.45. The molecule has 2 atom stereocenters. The molecule has 1 aliphatic rings. The molecule has 1 fully saturated rings. The van der Waals surface area contributed by atoms with E-state index in [2.05, 4.69) is 41.2 Å². The van der Waals surface area contributed by atoms with Crippen molar-refractivity contribution in [2.24, 2.45) is 0 Å². The van der Waals surface area contributed by atoms with Gasteiger partial charge in [0.2, 0.25) is 0 Å². The van der Waals surface area contributed by atoms with E-state index in [1.54, 1.807) is 0 Å². The van der Waals surface area contributed by atoms with E-state index in [0.717, 1.165) is 6.54 Å². The zero-order chi connectivity index (χ0) is 12.8. The maximum atomic E-state index is 4.12. The van der Waals surface area contributed by atoms with Crippen LogP contribution in [0.15, 0.2) is 24.5 Å². The fourth-order valence-electron chi connectivity index (χ4n) is 2.84. The molecule has 3 heteroatoms. The summed E-state index contributed by atoms with van der Waals surface area (Å²) in [4.78, 5) is 6.67. The lowest BCUT2D eigenvalue weighted by Crippen LogP contribution is -2.51. The van der Waals surface area contributed by atoms with Crippen LogP contribution in [0.2, 0.25) is 0 Å². The topological polar surface area (TPSA) is 28.2 Å². The Bertz CT molecular complexity index is 339. The van der Waals surface area contributed by atoms with Crippen LogP contribution < -0.4 is 10.2 Å². The van der Waals surface area contributed by atoms with Crippen LogP contribution in [0.4, 0.5) is 5.69 Å². The number of piperidine rings is 1. The van der Waals surface area contributed by atoms with Gasteiger partial charge in [0.15, 0.2) is 0 Å². The van der Waals surface area contributed by atoms with Crippen molar-refractivity contribution in [1.29, 1.82) is 0 Å². The first kappa shape index (κ1) is 13.3. The highest BCUT2D eigenvalue weighted by atomic mass is 15.2. The number of anilines is 1. The average molecular weight is 247 g/mol. The van der Waals surface area contributed by atoms with Crippen LogP contribution in [-0.4, -0.2) is 30.2 Å². The second kappa shape index (κ2) is 6.74. The number of hydrogen-bond acceptors (Lipinski definition) is 3. The normalized spacial score (nSPS) is 21.9. The van der Waals surface area contributed by atoms with Crippen molar-refractivity contribution < 1.29 is 0 Å². The van der Waals surface area contributed by atoms with E-state index in [0.29, 0.717) is 12.1 Å². The second-order valence-electron chi connectivity index (χ2n) is 5.20. The van der Waals surface area contributed by atoms with Crippen molar-refractivity contribution >= 4 is 5.69 Å². The number of pyridine rings is 1. The molecule has 2 unspecified atom stereocenters. The lowest BCUT2D eigenvalue weighted by atomic mass is 9.95. The minimum Gasteiger partial charge on any atom is -0.367 e. The van der Waals surface area contributed by atoms with Crippen molar-refractivity contribution in [3.63, 3.8) is 0 Å². The second-order valence-corrected chi connectivity index (χ2v) is 5.20. The highest BCUT2D eigenvalue weighted by Gasteiger charge is 2.26. The van der Waals surface area contributed by atoms with Crippen LogP contribution in [0.5, 0.6) is 0 Å². The van der Waals surface area contributed by atoms with Gasteiger partial charge in [-0.1, -0.05) is 6.92 Å². The van der Waals surface area contributed by atoms with Gasteiger partial charge < -0.3 is 10.2 Å². The predicted molar refractivity (Wildman–Crippen MR) is 77.0 cm³/mol. The first-order chi connectivity index (χ1) is 8.83. The van der Waals surface area contributed by atoms with Gasteiger partial charge >= 0.3 is 0 Å². The Hall–Kier alpha value is -1.09. The molecule has 2 heterocycles. The molecule has 0 spiro atoms. The maximum absolute atomic E-state index is 4.12. The highest BCUT2D eigenvalue weighted by Crippen LogP contribution is 2.25. The number of aromatic nitrogens is 1. The lowest BCUT2D eigenvalue weighted by molar-refractivity contribution is 0.368. The third-order valence-electron chi connectivity index (χ3n) is 3.84. The van der Waals surface area contributed by atoms with Gasteiger partial charge in [-0.25, -0.2) is 0 Å². The predicted octanol–water partition coefficient (Wildman–Crippen LogP) is 2.83. The van der Waals surface area contributed by atoms with E-state index >= 15 is 0 Å². The summed E-state index contributed by atoms with van der Waals surface area (Å²) >= 11 is 0. The van der Waals surface area contributed by atoms with E-state index < -0.39 is 0 Å². The molecule has 1 aromatic rings. The number of rotatable bonds is 5. The summed E-state index contributed by atoms with van der Waals surface area (Å²) in [6.07, 6.45) is 8.94. The van der Waals surface area contributed by atoms with Crippen molar-refractivity contribution in [1.82, 2.24) is 10.3 Å². The molecular formula is C15H25N3. The summed E-state index contributed by atoms with van der Waals surface area (Å²) < 4.78 is 0. The molecule has 0 aliphatic carbocycles. The fourth-order valence-corrected chi connectivity index (χ4v) is 2.84. The van der Waals surface area contributed by atoms with Crippen molar-refractivity contribution in [3.8, 4) is 0 Å². The third kappa shape index (κ3) is 3.22. The van der Waals surface area contributed by atoms with Crippen molar-refractivity contribution in [3.05, 3.63) is 24.5 Å².